The smallest absolute Gasteiger partial charge is 0.197 e. The van der Waals surface area contributed by atoms with Gasteiger partial charge in [-0.25, -0.2) is 0 Å². The van der Waals surface area contributed by atoms with Crippen molar-refractivity contribution in [2.24, 2.45) is 0 Å². The van der Waals surface area contributed by atoms with E-state index in [4.69, 9.17) is 0 Å². The van der Waals surface area contributed by atoms with Crippen LogP contribution in [0.1, 0.15) is 25.7 Å². The Morgan fingerprint density at radius 1 is 0.769 bits per heavy atom. The zero-order chi connectivity index (χ0) is 18.2. The fourth-order valence-electron chi connectivity index (χ4n) is 3.31. The zero-order valence-corrected chi connectivity index (χ0v) is 17.8. The third-order valence-electron chi connectivity index (χ3n) is 4.60. The number of para-hydroxylation sites is 2. The van der Waals surface area contributed by atoms with Crippen LogP contribution >= 0.6 is 31.6 Å². The largest absolute Gasteiger partial charge is 0.340 e. The summed E-state index contributed by atoms with van der Waals surface area (Å²) in [5.74, 6) is 3.68. The van der Waals surface area contributed by atoms with E-state index in [9.17, 15) is 4.79 Å². The highest BCUT2D eigenvalue weighted by Crippen LogP contribution is 2.20. The van der Waals surface area contributed by atoms with Gasteiger partial charge in [-0.2, -0.15) is 11.8 Å². The van der Waals surface area contributed by atoms with Gasteiger partial charge in [0.2, 0.25) is 0 Å². The molecule has 0 N–H and O–H groups in total. The van der Waals surface area contributed by atoms with Gasteiger partial charge in [0, 0.05) is 17.3 Å². The number of fused-ring (bicyclic) bond motifs is 2. The molecule has 3 rings (SSSR count). The molecular weight excluding hydrogens is 377 g/mol. The summed E-state index contributed by atoms with van der Waals surface area (Å²) in [6.45, 7) is 0.956. The second-order valence-electron chi connectivity index (χ2n) is 6.41. The SMILES string of the molecule is O=c1c2ccccc2n(CCCSCCCCCSP)c2ccccc12. The van der Waals surface area contributed by atoms with E-state index in [2.05, 4.69) is 36.9 Å². The number of hydrogen-bond donors (Lipinski definition) is 0. The van der Waals surface area contributed by atoms with E-state index in [1.54, 1.807) is 0 Å². The van der Waals surface area contributed by atoms with Gasteiger partial charge >= 0.3 is 0 Å². The molecule has 0 fully saturated rings. The quantitative estimate of drug-likeness (QED) is 0.236. The normalized spacial score (nSPS) is 11.4. The summed E-state index contributed by atoms with van der Waals surface area (Å²) in [6, 6.07) is 16.0. The lowest BCUT2D eigenvalue weighted by molar-refractivity contribution is 0.725. The Labute approximate surface area is 166 Å². The van der Waals surface area contributed by atoms with Gasteiger partial charge in [0.05, 0.1) is 11.0 Å². The van der Waals surface area contributed by atoms with Gasteiger partial charge in [0.1, 0.15) is 0 Å². The Morgan fingerprint density at radius 3 is 2.00 bits per heavy atom. The van der Waals surface area contributed by atoms with E-state index in [0.717, 1.165) is 34.8 Å². The number of benzene rings is 2. The molecule has 138 valence electrons. The van der Waals surface area contributed by atoms with Crippen molar-refractivity contribution in [1.82, 2.24) is 4.57 Å². The van der Waals surface area contributed by atoms with Crippen molar-refractivity contribution >= 4 is 53.4 Å². The first-order chi connectivity index (χ1) is 12.8. The average Bonchev–Trinajstić information content (AvgIpc) is 2.69. The van der Waals surface area contributed by atoms with Crippen LogP contribution in [0.15, 0.2) is 53.3 Å². The summed E-state index contributed by atoms with van der Waals surface area (Å²) in [5.41, 5.74) is 2.25. The summed E-state index contributed by atoms with van der Waals surface area (Å²) in [6.07, 6.45) is 5.11. The molecular formula is C21H26NOPS2. The fraction of sp³-hybridized carbons (Fsp3) is 0.381. The molecule has 0 radical (unpaired) electrons. The highest BCUT2D eigenvalue weighted by atomic mass is 32.7. The molecule has 3 aromatic rings. The predicted molar refractivity (Wildman–Crippen MR) is 124 cm³/mol. The predicted octanol–water partition coefficient (Wildman–Crippen LogP) is 5.97. The second-order valence-corrected chi connectivity index (χ2v) is 9.38. The first kappa shape index (κ1) is 19.8. The standard InChI is InChI=1S/C21H26NOPS2/c23-21-17-9-2-4-11-19(17)22(20-12-5-3-10-18(20)21)13-8-15-25-14-6-1-7-16-26-24/h2-5,9-12H,1,6-8,13-16,24H2. The third-order valence-corrected chi connectivity index (χ3v) is 6.99. The average molecular weight is 404 g/mol. The van der Waals surface area contributed by atoms with E-state index >= 15 is 0 Å². The van der Waals surface area contributed by atoms with Crippen molar-refractivity contribution < 1.29 is 0 Å². The van der Waals surface area contributed by atoms with Crippen molar-refractivity contribution in [2.45, 2.75) is 32.2 Å². The highest BCUT2D eigenvalue weighted by Gasteiger charge is 2.09. The Bertz CT molecular complexity index is 849. The van der Waals surface area contributed by atoms with Crippen LogP contribution in [0.3, 0.4) is 0 Å². The molecule has 26 heavy (non-hydrogen) atoms. The number of nitrogens with zero attached hydrogens (tertiary/aromatic N) is 1. The van der Waals surface area contributed by atoms with Crippen molar-refractivity contribution in [3.8, 4) is 0 Å². The minimum absolute atomic E-state index is 0.144. The third kappa shape index (κ3) is 4.85. The summed E-state index contributed by atoms with van der Waals surface area (Å²) >= 11 is 3.92. The molecule has 0 amide bonds. The van der Waals surface area contributed by atoms with Gasteiger partial charge in [0.25, 0.3) is 0 Å². The second kappa shape index (κ2) is 10.4. The van der Waals surface area contributed by atoms with Gasteiger partial charge in [-0.1, -0.05) is 39.1 Å². The van der Waals surface area contributed by atoms with Gasteiger partial charge in [-0.3, -0.25) is 4.79 Å². The topological polar surface area (TPSA) is 22.0 Å². The van der Waals surface area contributed by atoms with E-state index in [1.807, 2.05) is 47.8 Å². The summed E-state index contributed by atoms with van der Waals surface area (Å²) < 4.78 is 2.32. The Hall–Kier alpha value is -0.960. The minimum Gasteiger partial charge on any atom is -0.340 e. The lowest BCUT2D eigenvalue weighted by Gasteiger charge is -2.15. The highest BCUT2D eigenvalue weighted by molar-refractivity contribution is 8.43. The fourth-order valence-corrected chi connectivity index (χ4v) is 5.13. The van der Waals surface area contributed by atoms with E-state index in [0.29, 0.717) is 0 Å². The van der Waals surface area contributed by atoms with Crippen LogP contribution in [0.2, 0.25) is 0 Å². The first-order valence-corrected chi connectivity index (χ1v) is 12.8. The van der Waals surface area contributed by atoms with Gasteiger partial charge < -0.3 is 4.57 Å². The van der Waals surface area contributed by atoms with Crippen molar-refractivity contribution in [3.63, 3.8) is 0 Å². The first-order valence-electron chi connectivity index (χ1n) is 9.22. The zero-order valence-electron chi connectivity index (χ0n) is 15.0. The van der Waals surface area contributed by atoms with Crippen LogP contribution in [0.25, 0.3) is 21.8 Å². The van der Waals surface area contributed by atoms with Crippen LogP contribution in [0.4, 0.5) is 0 Å². The number of pyridine rings is 1. The number of rotatable bonds is 10. The molecule has 0 bridgehead atoms. The summed E-state index contributed by atoms with van der Waals surface area (Å²) in [7, 11) is 2.72. The number of thioether (sulfide) groups is 1. The Kier molecular flexibility index (Phi) is 7.91. The molecule has 5 heteroatoms. The molecule has 1 heterocycles. The van der Waals surface area contributed by atoms with Gasteiger partial charge in [-0.15, -0.1) is 11.4 Å². The van der Waals surface area contributed by atoms with Crippen LogP contribution < -0.4 is 5.43 Å². The Morgan fingerprint density at radius 2 is 1.35 bits per heavy atom. The van der Waals surface area contributed by atoms with Crippen LogP contribution in [-0.2, 0) is 6.54 Å². The summed E-state index contributed by atoms with van der Waals surface area (Å²) in [4.78, 5) is 12.7. The molecule has 0 aliphatic heterocycles. The molecule has 2 nitrogen and oxygen atoms in total. The molecule has 0 saturated carbocycles. The number of hydrogen-bond acceptors (Lipinski definition) is 3. The Balaban J connectivity index is 1.66. The van der Waals surface area contributed by atoms with E-state index in [-0.39, 0.29) is 5.43 Å². The molecule has 1 unspecified atom stereocenters. The molecule has 1 atom stereocenters. The molecule has 0 aliphatic rings. The van der Waals surface area contributed by atoms with Crippen LogP contribution in [0, 0.1) is 0 Å². The molecule has 2 aromatic carbocycles. The van der Waals surface area contributed by atoms with Crippen molar-refractivity contribution in [3.05, 3.63) is 58.8 Å². The maximum atomic E-state index is 12.7. The molecule has 0 spiro atoms. The van der Waals surface area contributed by atoms with E-state index in [1.165, 1.54) is 36.5 Å². The van der Waals surface area contributed by atoms with E-state index < -0.39 is 0 Å². The number of aromatic nitrogens is 1. The lowest BCUT2D eigenvalue weighted by Crippen LogP contribution is -2.12. The number of unbranched alkanes of at least 4 members (excludes halogenated alkanes) is 2. The van der Waals surface area contributed by atoms with Crippen LogP contribution in [-0.4, -0.2) is 21.8 Å². The van der Waals surface area contributed by atoms with Gasteiger partial charge in [-0.05, 0) is 60.8 Å². The lowest BCUT2D eigenvalue weighted by atomic mass is 10.1. The molecule has 0 aliphatic carbocycles. The minimum atomic E-state index is 0.144. The summed E-state index contributed by atoms with van der Waals surface area (Å²) in [5, 5.41) is 1.65. The molecule has 0 saturated heterocycles. The monoisotopic (exact) mass is 403 g/mol. The number of aryl methyl sites for hydroxylation is 1. The van der Waals surface area contributed by atoms with Crippen molar-refractivity contribution in [1.29, 1.82) is 0 Å². The molecule has 1 aromatic heterocycles. The van der Waals surface area contributed by atoms with Crippen molar-refractivity contribution in [2.75, 3.05) is 17.3 Å². The van der Waals surface area contributed by atoms with Crippen LogP contribution in [0.5, 0.6) is 0 Å². The van der Waals surface area contributed by atoms with Gasteiger partial charge in [0.15, 0.2) is 5.43 Å². The maximum Gasteiger partial charge on any atom is 0.197 e. The maximum absolute atomic E-state index is 12.7.